The van der Waals surface area contributed by atoms with E-state index < -0.39 is 5.97 Å². The summed E-state index contributed by atoms with van der Waals surface area (Å²) in [5, 5.41) is 3.24. The summed E-state index contributed by atoms with van der Waals surface area (Å²) in [6.07, 6.45) is 3.04. The zero-order chi connectivity index (χ0) is 23.1. The molecule has 0 saturated heterocycles. The SMILES string of the molecule is CCOC(=O)c1cc(-c2ccccc2)sc1NC(=O)C=Cc1cc(Br)c(OC)c(OC)c1. The van der Waals surface area contributed by atoms with Gasteiger partial charge in [-0.15, -0.1) is 11.3 Å². The summed E-state index contributed by atoms with van der Waals surface area (Å²) in [6, 6.07) is 15.0. The number of thiophene rings is 1. The number of halogens is 1. The Kier molecular flexibility index (Phi) is 8.08. The minimum Gasteiger partial charge on any atom is -0.493 e. The second kappa shape index (κ2) is 11.0. The van der Waals surface area contributed by atoms with E-state index in [9.17, 15) is 9.59 Å². The lowest BCUT2D eigenvalue weighted by atomic mass is 10.1. The molecule has 0 bridgehead atoms. The number of rotatable bonds is 8. The molecule has 0 aliphatic heterocycles. The Bertz CT molecular complexity index is 1140. The third-order valence-corrected chi connectivity index (χ3v) is 6.09. The van der Waals surface area contributed by atoms with Crippen molar-refractivity contribution in [1.82, 2.24) is 0 Å². The predicted molar refractivity (Wildman–Crippen MR) is 131 cm³/mol. The van der Waals surface area contributed by atoms with E-state index in [1.165, 1.54) is 17.4 Å². The van der Waals surface area contributed by atoms with Gasteiger partial charge in [0.05, 0.1) is 30.9 Å². The maximum Gasteiger partial charge on any atom is 0.341 e. The van der Waals surface area contributed by atoms with Crippen molar-refractivity contribution >= 4 is 50.2 Å². The fourth-order valence-corrected chi connectivity index (χ4v) is 4.62. The van der Waals surface area contributed by atoms with E-state index in [4.69, 9.17) is 14.2 Å². The summed E-state index contributed by atoms with van der Waals surface area (Å²) in [7, 11) is 3.10. The van der Waals surface area contributed by atoms with Gasteiger partial charge in [0.15, 0.2) is 11.5 Å². The average Bonchev–Trinajstić information content (AvgIpc) is 3.21. The van der Waals surface area contributed by atoms with Crippen LogP contribution in [-0.4, -0.2) is 32.7 Å². The van der Waals surface area contributed by atoms with Gasteiger partial charge in [0.25, 0.3) is 0 Å². The summed E-state index contributed by atoms with van der Waals surface area (Å²) in [5.41, 5.74) is 2.02. The van der Waals surface area contributed by atoms with Crippen LogP contribution in [0.15, 0.2) is 59.1 Å². The lowest BCUT2D eigenvalue weighted by molar-refractivity contribution is -0.111. The molecule has 8 heteroatoms. The molecule has 32 heavy (non-hydrogen) atoms. The van der Waals surface area contributed by atoms with Crippen LogP contribution < -0.4 is 14.8 Å². The highest BCUT2D eigenvalue weighted by molar-refractivity contribution is 9.10. The number of hydrogen-bond donors (Lipinski definition) is 1. The quantitative estimate of drug-likeness (QED) is 0.293. The molecular weight excluding hydrogens is 494 g/mol. The van der Waals surface area contributed by atoms with Gasteiger partial charge in [-0.3, -0.25) is 4.79 Å². The molecule has 166 valence electrons. The van der Waals surface area contributed by atoms with Gasteiger partial charge in [-0.2, -0.15) is 0 Å². The summed E-state index contributed by atoms with van der Waals surface area (Å²) >= 11 is 4.76. The molecule has 0 fully saturated rings. The van der Waals surface area contributed by atoms with Gasteiger partial charge in [-0.05, 0) is 58.3 Å². The van der Waals surface area contributed by atoms with Crippen LogP contribution >= 0.6 is 27.3 Å². The largest absolute Gasteiger partial charge is 0.493 e. The number of nitrogens with one attached hydrogen (secondary N) is 1. The molecule has 0 spiro atoms. The van der Waals surface area contributed by atoms with Crippen LogP contribution in [0, 0.1) is 0 Å². The van der Waals surface area contributed by atoms with Crippen LogP contribution in [0.2, 0.25) is 0 Å². The van der Waals surface area contributed by atoms with E-state index in [0.29, 0.717) is 26.5 Å². The zero-order valence-corrected chi connectivity index (χ0v) is 20.2. The highest BCUT2D eigenvalue weighted by Gasteiger charge is 2.19. The van der Waals surface area contributed by atoms with E-state index in [1.807, 2.05) is 36.4 Å². The topological polar surface area (TPSA) is 73.9 Å². The number of carbonyl (C=O) groups excluding carboxylic acids is 2. The first kappa shape index (κ1) is 23.6. The number of carbonyl (C=O) groups is 2. The number of amides is 1. The van der Waals surface area contributed by atoms with Crippen LogP contribution in [0.1, 0.15) is 22.8 Å². The Balaban J connectivity index is 1.84. The number of hydrogen-bond acceptors (Lipinski definition) is 6. The van der Waals surface area contributed by atoms with E-state index in [0.717, 1.165) is 16.0 Å². The molecule has 0 saturated carbocycles. The van der Waals surface area contributed by atoms with Gasteiger partial charge in [-0.1, -0.05) is 30.3 Å². The zero-order valence-electron chi connectivity index (χ0n) is 17.8. The molecule has 1 amide bonds. The van der Waals surface area contributed by atoms with Crippen molar-refractivity contribution in [3.05, 3.63) is 70.2 Å². The van der Waals surface area contributed by atoms with Gasteiger partial charge in [0.1, 0.15) is 5.00 Å². The number of benzene rings is 2. The molecule has 3 rings (SSSR count). The van der Waals surface area contributed by atoms with Gasteiger partial charge < -0.3 is 19.5 Å². The van der Waals surface area contributed by atoms with Crippen molar-refractivity contribution in [3.63, 3.8) is 0 Å². The first-order valence-corrected chi connectivity index (χ1v) is 11.3. The summed E-state index contributed by atoms with van der Waals surface area (Å²) in [6.45, 7) is 1.99. The maximum atomic E-state index is 12.6. The lowest BCUT2D eigenvalue weighted by Crippen LogP contribution is -2.11. The van der Waals surface area contributed by atoms with Gasteiger partial charge >= 0.3 is 5.97 Å². The first-order chi connectivity index (χ1) is 15.5. The Hall–Kier alpha value is -3.10. The molecule has 2 aromatic carbocycles. The number of esters is 1. The molecule has 0 radical (unpaired) electrons. The minimum absolute atomic E-state index is 0.247. The van der Waals surface area contributed by atoms with E-state index in [2.05, 4.69) is 21.2 Å². The minimum atomic E-state index is -0.478. The second-order valence-corrected chi connectivity index (χ2v) is 8.41. The van der Waals surface area contributed by atoms with Gasteiger partial charge in [-0.25, -0.2) is 4.79 Å². The fourth-order valence-electron chi connectivity index (χ4n) is 2.95. The standard InChI is InChI=1S/C24H22BrNO5S/c1-4-31-24(28)17-14-20(16-8-6-5-7-9-16)32-23(17)26-21(27)11-10-15-12-18(25)22(30-3)19(13-15)29-2/h5-14H,4H2,1-3H3,(H,26,27). The van der Waals surface area contributed by atoms with Crippen LogP contribution in [0.5, 0.6) is 11.5 Å². The highest BCUT2D eigenvalue weighted by Crippen LogP contribution is 2.37. The van der Waals surface area contributed by atoms with Crippen LogP contribution in [-0.2, 0) is 9.53 Å². The Labute approximate surface area is 198 Å². The third kappa shape index (κ3) is 5.57. The van der Waals surface area contributed by atoms with Gasteiger partial charge in [0.2, 0.25) is 5.91 Å². The molecular formula is C24H22BrNO5S. The van der Waals surface area contributed by atoms with Crippen LogP contribution in [0.4, 0.5) is 5.00 Å². The normalized spacial score (nSPS) is 10.8. The summed E-state index contributed by atoms with van der Waals surface area (Å²) in [4.78, 5) is 25.9. The summed E-state index contributed by atoms with van der Waals surface area (Å²) < 4.78 is 16.5. The van der Waals surface area contributed by atoms with Crippen molar-refractivity contribution in [2.75, 3.05) is 26.1 Å². The Morgan fingerprint density at radius 2 is 1.84 bits per heavy atom. The molecule has 0 aliphatic rings. The highest BCUT2D eigenvalue weighted by atomic mass is 79.9. The second-order valence-electron chi connectivity index (χ2n) is 6.50. The lowest BCUT2D eigenvalue weighted by Gasteiger charge is -2.10. The number of methoxy groups -OCH3 is 2. The van der Waals surface area contributed by atoms with E-state index >= 15 is 0 Å². The number of anilines is 1. The van der Waals surface area contributed by atoms with E-state index in [-0.39, 0.29) is 12.5 Å². The molecule has 0 aliphatic carbocycles. The summed E-state index contributed by atoms with van der Waals surface area (Å²) in [5.74, 6) is 0.259. The van der Waals surface area contributed by atoms with Crippen molar-refractivity contribution in [3.8, 4) is 21.9 Å². The maximum absolute atomic E-state index is 12.6. The van der Waals surface area contributed by atoms with Crippen LogP contribution in [0.3, 0.4) is 0 Å². The molecule has 1 heterocycles. The fraction of sp³-hybridized carbons (Fsp3) is 0.167. The molecule has 1 aromatic heterocycles. The van der Waals surface area contributed by atoms with Gasteiger partial charge in [0, 0.05) is 11.0 Å². The molecule has 3 aromatic rings. The Morgan fingerprint density at radius 3 is 2.50 bits per heavy atom. The first-order valence-electron chi connectivity index (χ1n) is 9.73. The monoisotopic (exact) mass is 515 g/mol. The third-order valence-electron chi connectivity index (χ3n) is 4.41. The van der Waals surface area contributed by atoms with Crippen molar-refractivity contribution in [2.45, 2.75) is 6.92 Å². The predicted octanol–water partition coefficient (Wildman–Crippen LogP) is 6.02. The van der Waals surface area contributed by atoms with Crippen molar-refractivity contribution < 1.29 is 23.8 Å². The Morgan fingerprint density at radius 1 is 1.09 bits per heavy atom. The average molecular weight is 516 g/mol. The number of ether oxygens (including phenoxy) is 3. The molecule has 1 N–H and O–H groups in total. The van der Waals surface area contributed by atoms with Crippen molar-refractivity contribution in [1.29, 1.82) is 0 Å². The van der Waals surface area contributed by atoms with Crippen molar-refractivity contribution in [2.24, 2.45) is 0 Å². The molecule has 0 atom stereocenters. The molecule has 6 nitrogen and oxygen atoms in total. The van der Waals surface area contributed by atoms with E-state index in [1.54, 1.807) is 39.4 Å². The molecule has 0 unspecified atom stereocenters. The smallest absolute Gasteiger partial charge is 0.341 e. The van der Waals surface area contributed by atoms with Crippen LogP contribution in [0.25, 0.3) is 16.5 Å².